The van der Waals surface area contributed by atoms with Crippen LogP contribution >= 0.6 is 0 Å². The number of ether oxygens (including phenoxy) is 2. The lowest BCUT2D eigenvalue weighted by Crippen LogP contribution is -2.15. The second-order valence-electron chi connectivity index (χ2n) is 4.82. The molecule has 1 aromatic heterocycles. The molecule has 1 aromatic carbocycles. The maximum Gasteiger partial charge on any atom is 0.344 e. The molecule has 0 fully saturated rings. The monoisotopic (exact) mass is 299 g/mol. The summed E-state index contributed by atoms with van der Waals surface area (Å²) in [4.78, 5) is 11.3. The van der Waals surface area contributed by atoms with Gasteiger partial charge in [0.25, 0.3) is 0 Å². The Morgan fingerprint density at radius 1 is 1.36 bits per heavy atom. The molecule has 0 atom stereocenters. The number of nitrogens with zero attached hydrogens (tertiary/aromatic N) is 3. The van der Waals surface area contributed by atoms with E-state index in [1.165, 1.54) is 0 Å². The first kappa shape index (κ1) is 15.6. The Balaban J connectivity index is 2.21. The summed E-state index contributed by atoms with van der Waals surface area (Å²) < 4.78 is 11.8. The quantitative estimate of drug-likeness (QED) is 0.792. The van der Waals surface area contributed by atoms with Crippen molar-refractivity contribution in [3.63, 3.8) is 0 Å². The molecule has 0 aliphatic heterocycles. The van der Waals surface area contributed by atoms with Crippen molar-refractivity contribution in [3.05, 3.63) is 41.1 Å². The van der Waals surface area contributed by atoms with Gasteiger partial charge in [0.2, 0.25) is 5.88 Å². The molecular weight excluding hydrogens is 282 g/mol. The average Bonchev–Trinajstić information content (AvgIpc) is 2.86. The smallest absolute Gasteiger partial charge is 0.344 e. The molecule has 2 rings (SSSR count). The zero-order valence-corrected chi connectivity index (χ0v) is 12.8. The van der Waals surface area contributed by atoms with Gasteiger partial charge < -0.3 is 9.47 Å². The fourth-order valence-electron chi connectivity index (χ4n) is 2.01. The van der Waals surface area contributed by atoms with Gasteiger partial charge in [-0.2, -0.15) is 5.26 Å². The number of hydrogen-bond acceptors (Lipinski definition) is 5. The van der Waals surface area contributed by atoms with Gasteiger partial charge >= 0.3 is 5.97 Å². The molecule has 114 valence electrons. The van der Waals surface area contributed by atoms with Gasteiger partial charge in [-0.05, 0) is 44.5 Å². The van der Waals surface area contributed by atoms with E-state index in [4.69, 9.17) is 14.7 Å². The molecule has 0 radical (unpaired) electrons. The van der Waals surface area contributed by atoms with Crippen molar-refractivity contribution < 1.29 is 14.3 Å². The van der Waals surface area contributed by atoms with Crippen LogP contribution in [0.4, 0.5) is 0 Å². The summed E-state index contributed by atoms with van der Waals surface area (Å²) in [6.07, 6.45) is 1.79. The van der Waals surface area contributed by atoms with Crippen LogP contribution < -0.4 is 4.74 Å². The first-order valence-corrected chi connectivity index (χ1v) is 6.90. The van der Waals surface area contributed by atoms with Crippen molar-refractivity contribution in [1.82, 2.24) is 9.78 Å². The van der Waals surface area contributed by atoms with E-state index in [1.54, 1.807) is 29.9 Å². The number of rotatable bonds is 5. The van der Waals surface area contributed by atoms with Crippen molar-refractivity contribution in [2.45, 2.75) is 20.8 Å². The Bertz CT molecular complexity index is 729. The predicted molar refractivity (Wildman–Crippen MR) is 79.9 cm³/mol. The minimum atomic E-state index is -0.432. The zero-order valence-electron chi connectivity index (χ0n) is 12.8. The molecule has 22 heavy (non-hydrogen) atoms. The third kappa shape index (κ3) is 3.64. The van der Waals surface area contributed by atoms with E-state index >= 15 is 0 Å². The number of aromatic nitrogens is 2. The normalized spacial score (nSPS) is 10.1. The largest absolute Gasteiger partial charge is 0.464 e. The highest BCUT2D eigenvalue weighted by Crippen LogP contribution is 2.19. The highest BCUT2D eigenvalue weighted by Gasteiger charge is 2.11. The summed E-state index contributed by atoms with van der Waals surface area (Å²) in [6.45, 7) is 5.63. The third-order valence-electron chi connectivity index (χ3n) is 2.94. The van der Waals surface area contributed by atoms with Gasteiger partial charge in [0.05, 0.1) is 23.9 Å². The lowest BCUT2D eigenvalue weighted by Gasteiger charge is -2.04. The molecule has 0 aliphatic carbocycles. The molecule has 0 N–H and O–H groups in total. The van der Waals surface area contributed by atoms with Crippen LogP contribution in [0.2, 0.25) is 0 Å². The molecule has 0 amide bonds. The maximum atomic E-state index is 11.3. The van der Waals surface area contributed by atoms with Gasteiger partial charge in [0, 0.05) is 11.8 Å². The fourth-order valence-corrected chi connectivity index (χ4v) is 2.01. The van der Waals surface area contributed by atoms with Gasteiger partial charge in [0.1, 0.15) is 0 Å². The number of nitriles is 1. The lowest BCUT2D eigenvalue weighted by atomic mass is 10.1. The Labute approximate surface area is 128 Å². The van der Waals surface area contributed by atoms with E-state index in [9.17, 15) is 4.79 Å². The van der Waals surface area contributed by atoms with Crippen LogP contribution in [0.25, 0.3) is 5.69 Å². The maximum absolute atomic E-state index is 11.3. The molecule has 6 heteroatoms. The molecule has 2 aromatic rings. The standard InChI is InChI=1S/C16H17N3O3/c1-4-21-15(20)10-22-16-12(3)9-19(18-16)14-6-11(2)5-13(7-14)8-17/h5-7,9H,4,10H2,1-3H3. The Hall–Kier alpha value is -2.81. The molecular formula is C16H17N3O3. The van der Waals surface area contributed by atoms with Crippen LogP contribution in [-0.2, 0) is 9.53 Å². The van der Waals surface area contributed by atoms with E-state index in [0.29, 0.717) is 18.1 Å². The highest BCUT2D eigenvalue weighted by molar-refractivity contribution is 5.71. The zero-order chi connectivity index (χ0) is 16.1. The Morgan fingerprint density at radius 3 is 2.82 bits per heavy atom. The molecule has 0 saturated heterocycles. The summed E-state index contributed by atoms with van der Waals surface area (Å²) in [6, 6.07) is 7.59. The predicted octanol–water partition coefficient (Wildman–Crippen LogP) is 2.30. The van der Waals surface area contributed by atoms with Crippen molar-refractivity contribution in [1.29, 1.82) is 5.26 Å². The number of benzene rings is 1. The van der Waals surface area contributed by atoms with Crippen LogP contribution in [-0.4, -0.2) is 29.0 Å². The minimum Gasteiger partial charge on any atom is -0.464 e. The summed E-state index contributed by atoms with van der Waals surface area (Å²) in [5.41, 5.74) is 3.10. The Kier molecular flexibility index (Phi) is 4.79. The summed E-state index contributed by atoms with van der Waals surface area (Å²) in [5.74, 6) is -0.0631. The molecule has 6 nitrogen and oxygen atoms in total. The number of aryl methyl sites for hydroxylation is 2. The van der Waals surface area contributed by atoms with Crippen molar-refractivity contribution in [3.8, 4) is 17.6 Å². The molecule has 0 spiro atoms. The number of carbonyl (C=O) groups excluding carboxylic acids is 1. The molecule has 1 heterocycles. The second kappa shape index (κ2) is 6.76. The minimum absolute atomic E-state index is 0.178. The SMILES string of the molecule is CCOC(=O)COc1nn(-c2cc(C)cc(C#N)c2)cc1C. The number of esters is 1. The first-order valence-electron chi connectivity index (χ1n) is 6.90. The van der Waals surface area contributed by atoms with Gasteiger partial charge in [0.15, 0.2) is 6.61 Å². The molecule has 0 saturated carbocycles. The second-order valence-corrected chi connectivity index (χ2v) is 4.82. The van der Waals surface area contributed by atoms with Crippen LogP contribution in [0.1, 0.15) is 23.6 Å². The number of carbonyl (C=O) groups is 1. The van der Waals surface area contributed by atoms with Crippen LogP contribution in [0, 0.1) is 25.2 Å². The first-order chi connectivity index (χ1) is 10.5. The van der Waals surface area contributed by atoms with E-state index in [0.717, 1.165) is 16.8 Å². The van der Waals surface area contributed by atoms with Crippen molar-refractivity contribution in [2.24, 2.45) is 0 Å². The summed E-state index contributed by atoms with van der Waals surface area (Å²) in [5, 5.41) is 13.3. The lowest BCUT2D eigenvalue weighted by molar-refractivity contribution is -0.145. The summed E-state index contributed by atoms with van der Waals surface area (Å²) in [7, 11) is 0. The van der Waals surface area contributed by atoms with Crippen molar-refractivity contribution in [2.75, 3.05) is 13.2 Å². The van der Waals surface area contributed by atoms with Gasteiger partial charge in [-0.3, -0.25) is 0 Å². The fraction of sp³-hybridized carbons (Fsp3) is 0.312. The molecule has 0 unspecified atom stereocenters. The third-order valence-corrected chi connectivity index (χ3v) is 2.94. The van der Waals surface area contributed by atoms with Crippen LogP contribution in [0.3, 0.4) is 0 Å². The number of hydrogen-bond donors (Lipinski definition) is 0. The van der Waals surface area contributed by atoms with E-state index in [-0.39, 0.29) is 6.61 Å². The van der Waals surface area contributed by atoms with Gasteiger partial charge in [-0.15, -0.1) is 5.10 Å². The highest BCUT2D eigenvalue weighted by atomic mass is 16.6. The van der Waals surface area contributed by atoms with Crippen LogP contribution in [0.5, 0.6) is 5.88 Å². The topological polar surface area (TPSA) is 77.1 Å². The summed E-state index contributed by atoms with van der Waals surface area (Å²) >= 11 is 0. The Morgan fingerprint density at radius 2 is 2.14 bits per heavy atom. The van der Waals surface area contributed by atoms with Gasteiger partial charge in [-0.1, -0.05) is 0 Å². The van der Waals surface area contributed by atoms with E-state index in [1.807, 2.05) is 19.9 Å². The average molecular weight is 299 g/mol. The van der Waals surface area contributed by atoms with Crippen LogP contribution in [0.15, 0.2) is 24.4 Å². The van der Waals surface area contributed by atoms with Gasteiger partial charge in [-0.25, -0.2) is 9.48 Å². The van der Waals surface area contributed by atoms with E-state index in [2.05, 4.69) is 11.2 Å². The van der Waals surface area contributed by atoms with E-state index < -0.39 is 5.97 Å². The molecule has 0 aliphatic rings. The van der Waals surface area contributed by atoms with Crippen molar-refractivity contribution >= 4 is 5.97 Å². The molecule has 0 bridgehead atoms.